The van der Waals surface area contributed by atoms with E-state index in [0.29, 0.717) is 0 Å². The van der Waals surface area contributed by atoms with E-state index in [9.17, 15) is 9.90 Å². The van der Waals surface area contributed by atoms with Gasteiger partial charge in [-0.05, 0) is 19.8 Å². The first kappa shape index (κ1) is 9.68. The van der Waals surface area contributed by atoms with E-state index >= 15 is 0 Å². The van der Waals surface area contributed by atoms with Crippen molar-refractivity contribution >= 4 is 5.78 Å². The van der Waals surface area contributed by atoms with Gasteiger partial charge in [0.05, 0.1) is 12.6 Å². The van der Waals surface area contributed by atoms with E-state index in [-0.39, 0.29) is 17.8 Å². The highest BCUT2D eigenvalue weighted by Gasteiger charge is 2.40. The van der Waals surface area contributed by atoms with Crippen molar-refractivity contribution in [1.82, 2.24) is 0 Å². The molecule has 0 aromatic heterocycles. The van der Waals surface area contributed by atoms with Crippen molar-refractivity contribution in [3.05, 3.63) is 0 Å². The minimum Gasteiger partial charge on any atom is -0.396 e. The van der Waals surface area contributed by atoms with Gasteiger partial charge in [-0.15, -0.1) is 0 Å². The van der Waals surface area contributed by atoms with Crippen molar-refractivity contribution in [2.24, 2.45) is 11.1 Å². The summed E-state index contributed by atoms with van der Waals surface area (Å²) in [6.07, 6.45) is 3.96. The average Bonchev–Trinajstić information content (AvgIpc) is 2.52. The van der Waals surface area contributed by atoms with Crippen LogP contribution in [0.3, 0.4) is 0 Å². The van der Waals surface area contributed by atoms with Crippen LogP contribution in [-0.4, -0.2) is 23.5 Å². The van der Waals surface area contributed by atoms with Crippen LogP contribution in [0, 0.1) is 5.41 Å². The summed E-state index contributed by atoms with van der Waals surface area (Å²) >= 11 is 0. The van der Waals surface area contributed by atoms with E-state index in [1.54, 1.807) is 0 Å². The number of aliphatic hydroxyl groups is 1. The smallest absolute Gasteiger partial charge is 0.147 e. The van der Waals surface area contributed by atoms with Crippen LogP contribution in [-0.2, 0) is 4.79 Å². The van der Waals surface area contributed by atoms with Crippen LogP contribution in [0.5, 0.6) is 0 Å². The average molecular weight is 171 g/mol. The second-order valence-corrected chi connectivity index (χ2v) is 3.82. The number of ketones is 1. The highest BCUT2D eigenvalue weighted by molar-refractivity contribution is 5.82. The maximum atomic E-state index is 11.1. The lowest BCUT2D eigenvalue weighted by Gasteiger charge is -2.31. The topological polar surface area (TPSA) is 63.3 Å². The summed E-state index contributed by atoms with van der Waals surface area (Å²) in [5, 5.41) is 9.20. The SMILES string of the molecule is CC(=O)C(N)C1(CO)CCCC1. The predicted molar refractivity (Wildman–Crippen MR) is 46.6 cm³/mol. The van der Waals surface area contributed by atoms with Gasteiger partial charge >= 0.3 is 0 Å². The third-order valence-electron chi connectivity index (χ3n) is 3.01. The Hall–Kier alpha value is -0.410. The Morgan fingerprint density at radius 2 is 2.08 bits per heavy atom. The molecule has 0 saturated heterocycles. The molecule has 1 rings (SSSR count). The lowest BCUT2D eigenvalue weighted by molar-refractivity contribution is -0.121. The van der Waals surface area contributed by atoms with Crippen molar-refractivity contribution in [2.45, 2.75) is 38.6 Å². The summed E-state index contributed by atoms with van der Waals surface area (Å²) in [6, 6.07) is -0.468. The molecule has 0 aliphatic heterocycles. The number of rotatable bonds is 3. The van der Waals surface area contributed by atoms with Gasteiger partial charge in [0.2, 0.25) is 0 Å². The lowest BCUT2D eigenvalue weighted by Crippen LogP contribution is -2.47. The van der Waals surface area contributed by atoms with Gasteiger partial charge in [-0.2, -0.15) is 0 Å². The third kappa shape index (κ3) is 1.52. The lowest BCUT2D eigenvalue weighted by atomic mass is 9.78. The minimum atomic E-state index is -0.468. The molecule has 0 radical (unpaired) electrons. The molecule has 0 aromatic rings. The zero-order valence-corrected chi connectivity index (χ0v) is 7.55. The monoisotopic (exact) mass is 171 g/mol. The van der Waals surface area contributed by atoms with Gasteiger partial charge in [-0.3, -0.25) is 4.79 Å². The summed E-state index contributed by atoms with van der Waals surface area (Å²) in [7, 11) is 0. The molecular weight excluding hydrogens is 154 g/mol. The third-order valence-corrected chi connectivity index (χ3v) is 3.01. The van der Waals surface area contributed by atoms with Crippen molar-refractivity contribution in [2.75, 3.05) is 6.61 Å². The second-order valence-electron chi connectivity index (χ2n) is 3.82. The molecule has 12 heavy (non-hydrogen) atoms. The molecular formula is C9H17NO2. The Morgan fingerprint density at radius 3 is 2.42 bits per heavy atom. The first-order valence-corrected chi connectivity index (χ1v) is 4.49. The summed E-state index contributed by atoms with van der Waals surface area (Å²) in [4.78, 5) is 11.1. The molecule has 3 heteroatoms. The maximum Gasteiger partial charge on any atom is 0.147 e. The van der Waals surface area contributed by atoms with Crippen LogP contribution in [0.15, 0.2) is 0 Å². The quantitative estimate of drug-likeness (QED) is 0.648. The van der Waals surface area contributed by atoms with Gasteiger partial charge in [0.25, 0.3) is 0 Å². The fourth-order valence-corrected chi connectivity index (χ4v) is 2.08. The molecule has 1 aliphatic carbocycles. The van der Waals surface area contributed by atoms with Crippen molar-refractivity contribution < 1.29 is 9.90 Å². The first-order valence-electron chi connectivity index (χ1n) is 4.49. The molecule has 1 atom stereocenters. The maximum absolute atomic E-state index is 11.1. The number of carbonyl (C=O) groups is 1. The Bertz CT molecular complexity index is 173. The van der Waals surface area contributed by atoms with Crippen LogP contribution in [0.1, 0.15) is 32.6 Å². The van der Waals surface area contributed by atoms with Gasteiger partial charge in [-0.1, -0.05) is 12.8 Å². The molecule has 0 aromatic carbocycles. The van der Waals surface area contributed by atoms with Crippen molar-refractivity contribution in [3.8, 4) is 0 Å². The van der Waals surface area contributed by atoms with Gasteiger partial charge in [-0.25, -0.2) is 0 Å². The van der Waals surface area contributed by atoms with E-state index < -0.39 is 6.04 Å². The van der Waals surface area contributed by atoms with Crippen LogP contribution < -0.4 is 5.73 Å². The molecule has 1 saturated carbocycles. The van der Waals surface area contributed by atoms with E-state index in [4.69, 9.17) is 5.73 Å². The molecule has 0 heterocycles. The fourth-order valence-electron chi connectivity index (χ4n) is 2.08. The zero-order chi connectivity index (χ0) is 9.19. The molecule has 0 bridgehead atoms. The Morgan fingerprint density at radius 1 is 1.58 bits per heavy atom. The number of Topliss-reactive ketones (excluding diaryl/α,β-unsaturated/α-hetero) is 1. The standard InChI is InChI=1S/C9H17NO2/c1-7(12)8(10)9(6-11)4-2-3-5-9/h8,11H,2-6,10H2,1H3. The summed E-state index contributed by atoms with van der Waals surface area (Å²) in [5.74, 6) is -0.00838. The number of hydrogen-bond donors (Lipinski definition) is 2. The van der Waals surface area contributed by atoms with Crippen molar-refractivity contribution in [3.63, 3.8) is 0 Å². The number of nitrogens with two attached hydrogens (primary N) is 1. The number of aliphatic hydroxyl groups excluding tert-OH is 1. The highest BCUT2D eigenvalue weighted by Crippen LogP contribution is 2.40. The Labute approximate surface area is 72.9 Å². The van der Waals surface area contributed by atoms with Gasteiger partial charge in [0.1, 0.15) is 5.78 Å². The predicted octanol–water partition coefficient (Wildman–Crippen LogP) is 0.455. The van der Waals surface area contributed by atoms with E-state index in [1.165, 1.54) is 6.92 Å². The first-order chi connectivity index (χ1) is 5.62. The van der Waals surface area contributed by atoms with Gasteiger partial charge in [0, 0.05) is 5.41 Å². The number of carbonyl (C=O) groups excluding carboxylic acids is 1. The van der Waals surface area contributed by atoms with E-state index in [0.717, 1.165) is 25.7 Å². The minimum absolute atomic E-state index is 0.00838. The molecule has 0 amide bonds. The molecule has 3 N–H and O–H groups in total. The molecule has 1 fully saturated rings. The molecule has 0 spiro atoms. The van der Waals surface area contributed by atoms with Crippen LogP contribution in [0.2, 0.25) is 0 Å². The van der Waals surface area contributed by atoms with E-state index in [1.807, 2.05) is 0 Å². The fraction of sp³-hybridized carbons (Fsp3) is 0.889. The molecule has 3 nitrogen and oxygen atoms in total. The Balaban J connectivity index is 2.71. The normalized spacial score (nSPS) is 23.9. The molecule has 1 unspecified atom stereocenters. The summed E-state index contributed by atoms with van der Waals surface area (Å²) in [6.45, 7) is 1.55. The van der Waals surface area contributed by atoms with Crippen LogP contribution in [0.25, 0.3) is 0 Å². The van der Waals surface area contributed by atoms with Crippen LogP contribution >= 0.6 is 0 Å². The van der Waals surface area contributed by atoms with E-state index in [2.05, 4.69) is 0 Å². The largest absolute Gasteiger partial charge is 0.396 e. The highest BCUT2D eigenvalue weighted by atomic mass is 16.3. The van der Waals surface area contributed by atoms with Crippen LogP contribution in [0.4, 0.5) is 0 Å². The number of hydrogen-bond acceptors (Lipinski definition) is 3. The van der Waals surface area contributed by atoms with Crippen molar-refractivity contribution in [1.29, 1.82) is 0 Å². The zero-order valence-electron chi connectivity index (χ0n) is 7.55. The van der Waals surface area contributed by atoms with Gasteiger partial charge in [0.15, 0.2) is 0 Å². The summed E-state index contributed by atoms with van der Waals surface area (Å²) in [5.41, 5.74) is 5.46. The van der Waals surface area contributed by atoms with Gasteiger partial charge < -0.3 is 10.8 Å². The second kappa shape index (κ2) is 3.54. The summed E-state index contributed by atoms with van der Waals surface area (Å²) < 4.78 is 0. The molecule has 70 valence electrons. The Kier molecular flexibility index (Phi) is 2.85. The molecule has 1 aliphatic rings.